The predicted molar refractivity (Wildman–Crippen MR) is 126 cm³/mol. The average Bonchev–Trinajstić information content (AvgIpc) is 2.77. The molecule has 2 amide bonds. The molecule has 8 nitrogen and oxygen atoms in total. The van der Waals surface area contributed by atoms with Crippen molar-refractivity contribution in [3.63, 3.8) is 0 Å². The number of nitrogens with zero attached hydrogens (tertiary/aromatic N) is 3. The van der Waals surface area contributed by atoms with Crippen LogP contribution in [0.1, 0.15) is 25.0 Å². The Hall–Kier alpha value is -2.98. The molecule has 0 fully saturated rings. The first kappa shape index (κ1) is 26.3. The molecule has 2 aromatic carbocycles. The van der Waals surface area contributed by atoms with Gasteiger partial charge in [-0.25, -0.2) is 8.70 Å². The highest BCUT2D eigenvalue weighted by molar-refractivity contribution is 7.90. The quantitative estimate of drug-likeness (QED) is 0.568. The van der Waals surface area contributed by atoms with Gasteiger partial charge in [-0.3, -0.25) is 9.59 Å². The first-order chi connectivity index (χ1) is 15.5. The monoisotopic (exact) mass is 478 g/mol. The van der Waals surface area contributed by atoms with Crippen LogP contribution in [0, 0.1) is 12.7 Å². The summed E-state index contributed by atoms with van der Waals surface area (Å²) in [4.78, 5) is 27.4. The number of carbonyl (C=O) groups excluding carboxylic acids is 2. The van der Waals surface area contributed by atoms with Gasteiger partial charge in [0.1, 0.15) is 18.4 Å². The van der Waals surface area contributed by atoms with E-state index in [4.69, 9.17) is 0 Å². The molecule has 1 atom stereocenters. The van der Waals surface area contributed by atoms with Crippen molar-refractivity contribution in [1.29, 1.82) is 0 Å². The lowest BCUT2D eigenvalue weighted by Gasteiger charge is -2.33. The van der Waals surface area contributed by atoms with Gasteiger partial charge in [0.2, 0.25) is 11.8 Å². The lowest BCUT2D eigenvalue weighted by Crippen LogP contribution is -2.52. The Morgan fingerprint density at radius 1 is 1.06 bits per heavy atom. The highest BCUT2D eigenvalue weighted by Crippen LogP contribution is 2.21. The van der Waals surface area contributed by atoms with Gasteiger partial charge in [-0.05, 0) is 56.2 Å². The number of amides is 2. The standard InChI is InChI=1S/C23H31FN4O4S/c1-6-25-23(30)18(3)27(15-19-10-8-7-9-17(19)2)22(29)16-28(33(31,32)26(4)5)21-13-11-20(24)12-14-21/h7-14,18H,6,15-16H2,1-5H3,(H,25,30)/t18-/m1/s1. The van der Waals surface area contributed by atoms with Crippen LogP contribution in [0.25, 0.3) is 0 Å². The van der Waals surface area contributed by atoms with Crippen LogP contribution in [0.3, 0.4) is 0 Å². The predicted octanol–water partition coefficient (Wildman–Crippen LogP) is 2.30. The molecule has 0 aliphatic rings. The minimum Gasteiger partial charge on any atom is -0.355 e. The fourth-order valence-electron chi connectivity index (χ4n) is 3.20. The maximum Gasteiger partial charge on any atom is 0.304 e. The van der Waals surface area contributed by atoms with Crippen molar-refractivity contribution in [2.75, 3.05) is 31.5 Å². The first-order valence-electron chi connectivity index (χ1n) is 10.6. The number of rotatable bonds is 10. The fraction of sp³-hybridized carbons (Fsp3) is 0.391. The summed E-state index contributed by atoms with van der Waals surface area (Å²) in [5.74, 6) is -1.44. The molecule has 0 radical (unpaired) electrons. The van der Waals surface area contributed by atoms with Gasteiger partial charge in [0.25, 0.3) is 0 Å². The third-order valence-corrected chi connectivity index (χ3v) is 7.07. The molecule has 33 heavy (non-hydrogen) atoms. The van der Waals surface area contributed by atoms with E-state index >= 15 is 0 Å². The van der Waals surface area contributed by atoms with E-state index in [0.29, 0.717) is 6.54 Å². The third-order valence-electron chi connectivity index (χ3n) is 5.25. The molecule has 0 unspecified atom stereocenters. The molecule has 0 heterocycles. The minimum absolute atomic E-state index is 0.128. The second kappa shape index (κ2) is 11.2. The second-order valence-corrected chi connectivity index (χ2v) is 9.86. The highest BCUT2D eigenvalue weighted by Gasteiger charge is 2.32. The SMILES string of the molecule is CCNC(=O)[C@@H](C)N(Cc1ccccc1C)C(=O)CN(c1ccc(F)cc1)S(=O)(=O)N(C)C. The number of halogens is 1. The molecule has 0 saturated heterocycles. The molecule has 10 heteroatoms. The Bertz CT molecular complexity index is 1070. The fourth-order valence-corrected chi connectivity index (χ4v) is 4.26. The number of anilines is 1. The van der Waals surface area contributed by atoms with Crippen LogP contribution in [0.5, 0.6) is 0 Å². The number of likely N-dealkylation sites (N-methyl/N-ethyl adjacent to an activating group) is 1. The van der Waals surface area contributed by atoms with Gasteiger partial charge < -0.3 is 10.2 Å². The molecule has 0 spiro atoms. The van der Waals surface area contributed by atoms with E-state index in [0.717, 1.165) is 31.9 Å². The zero-order chi connectivity index (χ0) is 24.8. The van der Waals surface area contributed by atoms with Gasteiger partial charge in [-0.15, -0.1) is 0 Å². The molecule has 0 saturated carbocycles. The van der Waals surface area contributed by atoms with Crippen LogP contribution in [0.4, 0.5) is 10.1 Å². The van der Waals surface area contributed by atoms with Crippen molar-refractivity contribution in [2.45, 2.75) is 33.4 Å². The number of carbonyl (C=O) groups is 2. The maximum absolute atomic E-state index is 13.5. The Morgan fingerprint density at radius 2 is 1.67 bits per heavy atom. The van der Waals surface area contributed by atoms with Gasteiger partial charge in [0.05, 0.1) is 5.69 Å². The van der Waals surface area contributed by atoms with Crippen molar-refractivity contribution < 1.29 is 22.4 Å². The maximum atomic E-state index is 13.5. The Kier molecular flexibility index (Phi) is 8.95. The zero-order valence-corrected chi connectivity index (χ0v) is 20.4. The number of benzene rings is 2. The largest absolute Gasteiger partial charge is 0.355 e. The molecule has 0 bridgehead atoms. The topological polar surface area (TPSA) is 90.0 Å². The summed E-state index contributed by atoms with van der Waals surface area (Å²) < 4.78 is 41.3. The van der Waals surface area contributed by atoms with Gasteiger partial charge >= 0.3 is 10.2 Å². The van der Waals surface area contributed by atoms with Crippen molar-refractivity contribution in [3.8, 4) is 0 Å². The van der Waals surface area contributed by atoms with Gasteiger partial charge in [0, 0.05) is 27.2 Å². The Labute approximate surface area is 195 Å². The number of hydrogen-bond donors (Lipinski definition) is 1. The van der Waals surface area contributed by atoms with Gasteiger partial charge in [-0.1, -0.05) is 24.3 Å². The molecule has 2 rings (SSSR count). The zero-order valence-electron chi connectivity index (χ0n) is 19.6. The van der Waals surface area contributed by atoms with E-state index in [1.54, 1.807) is 13.8 Å². The van der Waals surface area contributed by atoms with E-state index in [1.165, 1.54) is 31.1 Å². The molecule has 0 aliphatic heterocycles. The summed E-state index contributed by atoms with van der Waals surface area (Å²) in [5, 5.41) is 2.71. The van der Waals surface area contributed by atoms with Gasteiger partial charge in [0.15, 0.2) is 0 Å². The summed E-state index contributed by atoms with van der Waals surface area (Å²) in [6.45, 7) is 5.25. The second-order valence-electron chi connectivity index (χ2n) is 7.79. The Balaban J connectivity index is 2.45. The normalized spacial score (nSPS) is 12.3. The van der Waals surface area contributed by atoms with E-state index in [-0.39, 0.29) is 18.1 Å². The number of aryl methyl sites for hydroxylation is 1. The summed E-state index contributed by atoms with van der Waals surface area (Å²) in [5.41, 5.74) is 1.92. The Morgan fingerprint density at radius 3 is 2.21 bits per heavy atom. The summed E-state index contributed by atoms with van der Waals surface area (Å²) >= 11 is 0. The van der Waals surface area contributed by atoms with Crippen LogP contribution >= 0.6 is 0 Å². The lowest BCUT2D eigenvalue weighted by molar-refractivity contribution is -0.139. The van der Waals surface area contributed by atoms with Crippen molar-refractivity contribution in [3.05, 3.63) is 65.5 Å². The van der Waals surface area contributed by atoms with Crippen LogP contribution in [0.15, 0.2) is 48.5 Å². The van der Waals surface area contributed by atoms with Crippen LogP contribution in [0.2, 0.25) is 0 Å². The molecule has 0 aromatic heterocycles. The minimum atomic E-state index is -4.07. The van der Waals surface area contributed by atoms with E-state index in [9.17, 15) is 22.4 Å². The summed E-state index contributed by atoms with van der Waals surface area (Å²) in [7, 11) is -1.38. The van der Waals surface area contributed by atoms with Crippen LogP contribution in [-0.4, -0.2) is 62.7 Å². The molecular formula is C23H31FN4O4S. The van der Waals surface area contributed by atoms with E-state index in [2.05, 4.69) is 5.32 Å². The summed E-state index contributed by atoms with van der Waals surface area (Å²) in [6, 6.07) is 11.5. The van der Waals surface area contributed by atoms with E-state index < -0.39 is 34.5 Å². The molecule has 1 N–H and O–H groups in total. The average molecular weight is 479 g/mol. The summed E-state index contributed by atoms with van der Waals surface area (Å²) in [6.07, 6.45) is 0. The van der Waals surface area contributed by atoms with Crippen molar-refractivity contribution in [1.82, 2.24) is 14.5 Å². The molecule has 2 aromatic rings. The lowest BCUT2D eigenvalue weighted by atomic mass is 10.1. The molecular weight excluding hydrogens is 447 g/mol. The van der Waals surface area contributed by atoms with Crippen LogP contribution in [-0.2, 0) is 26.3 Å². The smallest absolute Gasteiger partial charge is 0.304 e. The highest BCUT2D eigenvalue weighted by atomic mass is 32.2. The first-order valence-corrected chi connectivity index (χ1v) is 12.0. The van der Waals surface area contributed by atoms with Crippen LogP contribution < -0.4 is 9.62 Å². The molecule has 0 aliphatic carbocycles. The third kappa shape index (κ3) is 6.52. The van der Waals surface area contributed by atoms with Crippen molar-refractivity contribution >= 4 is 27.7 Å². The molecule has 180 valence electrons. The van der Waals surface area contributed by atoms with Crippen molar-refractivity contribution in [2.24, 2.45) is 0 Å². The number of hydrogen-bond acceptors (Lipinski definition) is 4. The van der Waals surface area contributed by atoms with Gasteiger partial charge in [-0.2, -0.15) is 12.7 Å². The van der Waals surface area contributed by atoms with E-state index in [1.807, 2.05) is 31.2 Å². The number of nitrogens with one attached hydrogen (secondary N) is 1.